The summed E-state index contributed by atoms with van der Waals surface area (Å²) in [6.45, 7) is 8.05. The molecule has 0 heterocycles. The number of esters is 1. The Hall–Kier alpha value is -2.85. The summed E-state index contributed by atoms with van der Waals surface area (Å²) >= 11 is 0. The van der Waals surface area contributed by atoms with Crippen molar-refractivity contribution in [1.29, 1.82) is 0 Å². The van der Waals surface area contributed by atoms with Gasteiger partial charge in [0, 0.05) is 18.2 Å². The third kappa shape index (κ3) is 6.61. The lowest BCUT2D eigenvalue weighted by Crippen LogP contribution is -2.44. The lowest BCUT2D eigenvalue weighted by molar-refractivity contribution is -0.384. The van der Waals surface area contributed by atoms with Crippen molar-refractivity contribution in [2.45, 2.75) is 58.9 Å². The Bertz CT molecular complexity index is 758. The number of carbonyl (C=O) groups is 2. The van der Waals surface area contributed by atoms with E-state index in [1.54, 1.807) is 0 Å². The molecule has 1 N–H and O–H groups in total. The van der Waals surface area contributed by atoms with Gasteiger partial charge in [0.1, 0.15) is 11.7 Å². The summed E-state index contributed by atoms with van der Waals surface area (Å²) in [7, 11) is 0. The zero-order valence-corrected chi connectivity index (χ0v) is 16.7. The minimum absolute atomic E-state index is 0.105. The lowest BCUT2D eigenvalue weighted by Gasteiger charge is -2.30. The van der Waals surface area contributed by atoms with E-state index < -0.39 is 46.9 Å². The molecular formula is C18H24F3N3O5. The van der Waals surface area contributed by atoms with Gasteiger partial charge >= 0.3 is 12.1 Å². The first-order valence-electron chi connectivity index (χ1n) is 8.85. The molecule has 0 aromatic heterocycles. The van der Waals surface area contributed by atoms with Crippen LogP contribution in [0.5, 0.6) is 0 Å². The molecule has 0 aliphatic rings. The molecule has 0 radical (unpaired) electrons. The van der Waals surface area contributed by atoms with E-state index >= 15 is 0 Å². The number of nitro groups is 1. The van der Waals surface area contributed by atoms with E-state index in [4.69, 9.17) is 4.74 Å². The van der Waals surface area contributed by atoms with Gasteiger partial charge in [-0.25, -0.2) is 4.79 Å². The number of halogens is 3. The average molecular weight is 419 g/mol. The van der Waals surface area contributed by atoms with E-state index in [9.17, 15) is 32.9 Å². The molecule has 0 spiro atoms. The molecule has 1 aromatic rings. The number of benzene rings is 1. The molecule has 0 saturated carbocycles. The number of rotatable bonds is 8. The Morgan fingerprint density at radius 3 is 2.17 bits per heavy atom. The Labute approximate surface area is 166 Å². The molecule has 8 nitrogen and oxygen atoms in total. The van der Waals surface area contributed by atoms with Gasteiger partial charge in [0.2, 0.25) is 0 Å². The zero-order valence-electron chi connectivity index (χ0n) is 16.7. The molecule has 0 unspecified atom stereocenters. The third-order valence-electron chi connectivity index (χ3n) is 3.99. The predicted octanol–water partition coefficient (Wildman–Crippen LogP) is 3.60. The second-order valence-corrected chi connectivity index (χ2v) is 6.95. The highest BCUT2D eigenvalue weighted by Crippen LogP contribution is 2.35. The average Bonchev–Trinajstić information content (AvgIpc) is 2.57. The van der Waals surface area contributed by atoms with Gasteiger partial charge in [-0.1, -0.05) is 0 Å². The first-order chi connectivity index (χ1) is 13.3. The van der Waals surface area contributed by atoms with Crippen molar-refractivity contribution in [2.24, 2.45) is 0 Å². The van der Waals surface area contributed by atoms with Gasteiger partial charge in [-0.15, -0.1) is 0 Å². The van der Waals surface area contributed by atoms with Crippen molar-refractivity contribution in [2.75, 3.05) is 11.9 Å². The number of nitrogens with one attached hydrogen (secondary N) is 1. The fourth-order valence-corrected chi connectivity index (χ4v) is 2.78. The summed E-state index contributed by atoms with van der Waals surface area (Å²) in [5, 5.41) is 13.6. The monoisotopic (exact) mass is 419 g/mol. The largest absolute Gasteiger partial charge is 0.454 e. The Morgan fingerprint density at radius 2 is 1.72 bits per heavy atom. The Morgan fingerprint density at radius 1 is 1.17 bits per heavy atom. The van der Waals surface area contributed by atoms with Gasteiger partial charge in [0.15, 0.2) is 6.61 Å². The summed E-state index contributed by atoms with van der Waals surface area (Å²) in [5.74, 6) is -1.28. The number of amides is 1. The van der Waals surface area contributed by atoms with Gasteiger partial charge in [-0.3, -0.25) is 14.9 Å². The number of hydrogen-bond acceptors (Lipinski definition) is 6. The first kappa shape index (κ1) is 24.2. The molecule has 29 heavy (non-hydrogen) atoms. The van der Waals surface area contributed by atoms with Crippen LogP contribution in [0.4, 0.5) is 24.5 Å². The van der Waals surface area contributed by atoms with E-state index in [0.29, 0.717) is 12.1 Å². The number of ether oxygens (including phenoxy) is 1. The van der Waals surface area contributed by atoms with Crippen LogP contribution < -0.4 is 5.32 Å². The Kier molecular flexibility index (Phi) is 7.98. The summed E-state index contributed by atoms with van der Waals surface area (Å²) in [6, 6.07) is 0.574. The molecule has 1 amide bonds. The maximum absolute atomic E-state index is 12.8. The smallest absolute Gasteiger partial charge is 0.416 e. The molecule has 0 fully saturated rings. The van der Waals surface area contributed by atoms with E-state index in [1.165, 1.54) is 11.8 Å². The molecule has 162 valence electrons. The maximum atomic E-state index is 12.8. The van der Waals surface area contributed by atoms with Crippen LogP contribution in [-0.4, -0.2) is 46.4 Å². The molecule has 0 aliphatic heterocycles. The second kappa shape index (κ2) is 9.57. The van der Waals surface area contributed by atoms with Gasteiger partial charge in [0.25, 0.3) is 11.6 Å². The van der Waals surface area contributed by atoms with Gasteiger partial charge in [-0.05, 0) is 46.8 Å². The second-order valence-electron chi connectivity index (χ2n) is 6.95. The van der Waals surface area contributed by atoms with Crippen molar-refractivity contribution in [1.82, 2.24) is 4.90 Å². The highest BCUT2D eigenvalue weighted by Gasteiger charge is 2.33. The van der Waals surface area contributed by atoms with Crippen LogP contribution >= 0.6 is 0 Å². The van der Waals surface area contributed by atoms with E-state index in [1.807, 2.05) is 27.7 Å². The molecule has 1 rings (SSSR count). The van der Waals surface area contributed by atoms with Crippen molar-refractivity contribution < 1.29 is 32.4 Å². The van der Waals surface area contributed by atoms with E-state index in [-0.39, 0.29) is 17.8 Å². The normalized spacial score (nSPS) is 12.6. The number of nitrogens with zero attached hydrogens (tertiary/aromatic N) is 2. The fraction of sp³-hybridized carbons (Fsp3) is 0.556. The molecule has 1 aromatic carbocycles. The zero-order chi connectivity index (χ0) is 22.5. The third-order valence-corrected chi connectivity index (χ3v) is 3.99. The molecular weight excluding hydrogens is 395 g/mol. The van der Waals surface area contributed by atoms with Gasteiger partial charge in [-0.2, -0.15) is 13.2 Å². The molecule has 0 saturated heterocycles. The maximum Gasteiger partial charge on any atom is 0.416 e. The lowest BCUT2D eigenvalue weighted by atomic mass is 10.1. The van der Waals surface area contributed by atoms with Crippen LogP contribution in [0.25, 0.3) is 0 Å². The van der Waals surface area contributed by atoms with Crippen LogP contribution in [-0.2, 0) is 20.5 Å². The SMILES string of the molecule is CC(C)N(C(=O)COC(=O)[C@H](C)Nc1ccc(C(F)(F)F)cc1[N+](=O)[O-])C(C)C. The van der Waals surface area contributed by atoms with Crippen LogP contribution in [0.1, 0.15) is 40.2 Å². The number of carbonyl (C=O) groups excluding carboxylic acids is 2. The van der Waals surface area contributed by atoms with Crippen LogP contribution in [0.3, 0.4) is 0 Å². The summed E-state index contributed by atoms with van der Waals surface area (Å²) in [4.78, 5) is 36.0. The highest BCUT2D eigenvalue weighted by molar-refractivity contribution is 5.84. The summed E-state index contributed by atoms with van der Waals surface area (Å²) < 4.78 is 43.2. The van der Waals surface area contributed by atoms with E-state index in [2.05, 4.69) is 5.32 Å². The van der Waals surface area contributed by atoms with Crippen LogP contribution in [0, 0.1) is 10.1 Å². The van der Waals surface area contributed by atoms with E-state index in [0.717, 1.165) is 6.07 Å². The molecule has 0 aliphatic carbocycles. The standard InChI is InChI=1S/C18H24F3N3O5/c1-10(2)23(11(3)4)16(25)9-29-17(26)12(5)22-14-7-6-13(18(19,20)21)8-15(14)24(27)28/h6-8,10-12,22H,9H2,1-5H3/t12-/m0/s1. The van der Waals surface area contributed by atoms with Crippen LogP contribution in [0.2, 0.25) is 0 Å². The highest BCUT2D eigenvalue weighted by atomic mass is 19.4. The minimum atomic E-state index is -4.74. The molecule has 0 bridgehead atoms. The number of hydrogen-bond donors (Lipinski definition) is 1. The Balaban J connectivity index is 2.85. The number of alkyl halides is 3. The van der Waals surface area contributed by atoms with Crippen LogP contribution in [0.15, 0.2) is 18.2 Å². The topological polar surface area (TPSA) is 102 Å². The fourth-order valence-electron chi connectivity index (χ4n) is 2.78. The summed E-state index contributed by atoms with van der Waals surface area (Å²) in [5.41, 5.74) is -2.29. The van der Waals surface area contributed by atoms with Crippen molar-refractivity contribution in [3.8, 4) is 0 Å². The quantitative estimate of drug-likeness (QED) is 0.392. The first-order valence-corrected chi connectivity index (χ1v) is 8.85. The summed E-state index contributed by atoms with van der Waals surface area (Å²) in [6.07, 6.45) is -4.74. The number of anilines is 1. The van der Waals surface area contributed by atoms with Gasteiger partial charge < -0.3 is 15.0 Å². The van der Waals surface area contributed by atoms with Crippen molar-refractivity contribution in [3.05, 3.63) is 33.9 Å². The number of nitro benzene ring substituents is 1. The molecule has 1 atom stereocenters. The minimum Gasteiger partial charge on any atom is -0.454 e. The van der Waals surface area contributed by atoms with Gasteiger partial charge in [0.05, 0.1) is 10.5 Å². The molecule has 11 heteroatoms. The predicted molar refractivity (Wildman–Crippen MR) is 99.3 cm³/mol. The van der Waals surface area contributed by atoms with Crippen molar-refractivity contribution >= 4 is 23.3 Å². The van der Waals surface area contributed by atoms with Crippen molar-refractivity contribution in [3.63, 3.8) is 0 Å².